The molecule has 2 nitrogen and oxygen atoms in total. The van der Waals surface area contributed by atoms with E-state index in [2.05, 4.69) is 15.9 Å². The maximum Gasteiger partial charge on any atom is 0.201 e. The zero-order chi connectivity index (χ0) is 13.4. The van der Waals surface area contributed by atoms with E-state index in [9.17, 15) is 9.59 Å². The third-order valence-electron chi connectivity index (χ3n) is 3.12. The van der Waals surface area contributed by atoms with Crippen molar-refractivity contribution in [2.75, 3.05) is 0 Å². The van der Waals surface area contributed by atoms with E-state index in [1.807, 2.05) is 30.3 Å². The van der Waals surface area contributed by atoms with Gasteiger partial charge in [-0.25, -0.2) is 0 Å². The first kappa shape index (κ1) is 12.1. The number of Topliss-reactive ketones (excluding diaryl/α,β-unsaturated/α-hetero) is 2. The lowest BCUT2D eigenvalue weighted by molar-refractivity contribution is 0.0999. The highest BCUT2D eigenvalue weighted by Crippen LogP contribution is 2.34. The van der Waals surface area contributed by atoms with Gasteiger partial charge < -0.3 is 0 Å². The Hall–Kier alpha value is -2.00. The number of halogens is 1. The van der Waals surface area contributed by atoms with E-state index >= 15 is 0 Å². The summed E-state index contributed by atoms with van der Waals surface area (Å²) in [6.45, 7) is 0. The SMILES string of the molecule is O=C1C(Br)=C(c2ccccc2)C(=O)c2ccccc21. The smallest absolute Gasteiger partial charge is 0.201 e. The molecule has 92 valence electrons. The highest BCUT2D eigenvalue weighted by atomic mass is 79.9. The molecular formula is C16H9BrO2. The molecule has 0 radical (unpaired) electrons. The fourth-order valence-corrected chi connectivity index (χ4v) is 2.83. The first-order valence-corrected chi connectivity index (χ1v) is 6.63. The Kier molecular flexibility index (Phi) is 2.91. The fraction of sp³-hybridized carbons (Fsp3) is 0. The molecule has 2 aromatic carbocycles. The summed E-state index contributed by atoms with van der Waals surface area (Å²) in [5.41, 5.74) is 2.11. The second-order valence-electron chi connectivity index (χ2n) is 4.26. The van der Waals surface area contributed by atoms with Crippen LogP contribution in [0.1, 0.15) is 26.3 Å². The third kappa shape index (κ3) is 1.87. The van der Waals surface area contributed by atoms with Gasteiger partial charge in [0.2, 0.25) is 5.78 Å². The zero-order valence-electron chi connectivity index (χ0n) is 9.89. The number of carbonyl (C=O) groups is 2. The minimum Gasteiger partial charge on any atom is -0.289 e. The predicted molar refractivity (Wildman–Crippen MR) is 77.4 cm³/mol. The van der Waals surface area contributed by atoms with Crippen LogP contribution in [0.3, 0.4) is 0 Å². The van der Waals surface area contributed by atoms with Crippen molar-refractivity contribution in [1.82, 2.24) is 0 Å². The van der Waals surface area contributed by atoms with Crippen LogP contribution in [0.5, 0.6) is 0 Å². The van der Waals surface area contributed by atoms with E-state index in [-0.39, 0.29) is 11.6 Å². The van der Waals surface area contributed by atoms with Gasteiger partial charge in [-0.15, -0.1) is 0 Å². The number of allylic oxidation sites excluding steroid dienone is 2. The molecular weight excluding hydrogens is 304 g/mol. The molecule has 3 heteroatoms. The monoisotopic (exact) mass is 312 g/mol. The Bertz CT molecular complexity index is 715. The lowest BCUT2D eigenvalue weighted by Gasteiger charge is -2.17. The molecule has 1 aliphatic rings. The molecule has 0 saturated carbocycles. The van der Waals surface area contributed by atoms with Crippen molar-refractivity contribution >= 4 is 33.1 Å². The Morgan fingerprint density at radius 3 is 1.84 bits per heavy atom. The molecule has 2 aromatic rings. The molecule has 0 spiro atoms. The van der Waals surface area contributed by atoms with Crippen molar-refractivity contribution in [2.45, 2.75) is 0 Å². The van der Waals surface area contributed by atoms with E-state index in [1.165, 1.54) is 0 Å². The first-order chi connectivity index (χ1) is 9.20. The van der Waals surface area contributed by atoms with Gasteiger partial charge in [-0.3, -0.25) is 9.59 Å². The highest BCUT2D eigenvalue weighted by molar-refractivity contribution is 9.12. The van der Waals surface area contributed by atoms with E-state index in [4.69, 9.17) is 0 Å². The van der Waals surface area contributed by atoms with Crippen LogP contribution < -0.4 is 0 Å². The molecule has 19 heavy (non-hydrogen) atoms. The average molecular weight is 313 g/mol. The number of hydrogen-bond acceptors (Lipinski definition) is 2. The van der Waals surface area contributed by atoms with Crippen molar-refractivity contribution < 1.29 is 9.59 Å². The van der Waals surface area contributed by atoms with Gasteiger partial charge in [0, 0.05) is 16.7 Å². The van der Waals surface area contributed by atoms with Crippen LogP contribution in [0.15, 0.2) is 59.1 Å². The minimum atomic E-state index is -0.144. The number of hydrogen-bond donors (Lipinski definition) is 0. The van der Waals surface area contributed by atoms with Gasteiger partial charge >= 0.3 is 0 Å². The van der Waals surface area contributed by atoms with Gasteiger partial charge in [0.05, 0.1) is 4.48 Å². The van der Waals surface area contributed by atoms with E-state index in [0.717, 1.165) is 5.56 Å². The molecule has 0 atom stereocenters. The lowest BCUT2D eigenvalue weighted by atomic mass is 9.86. The summed E-state index contributed by atoms with van der Waals surface area (Å²) in [7, 11) is 0. The second kappa shape index (κ2) is 4.59. The van der Waals surface area contributed by atoms with Crippen molar-refractivity contribution in [2.24, 2.45) is 0 Å². The standard InChI is InChI=1S/C16H9BrO2/c17-14-13(10-6-2-1-3-7-10)15(18)11-8-4-5-9-12(11)16(14)19/h1-9H. The van der Waals surface area contributed by atoms with Crippen LogP contribution in [-0.4, -0.2) is 11.6 Å². The van der Waals surface area contributed by atoms with Crippen molar-refractivity contribution in [1.29, 1.82) is 0 Å². The van der Waals surface area contributed by atoms with Crippen molar-refractivity contribution in [3.05, 3.63) is 75.8 Å². The molecule has 0 amide bonds. The number of rotatable bonds is 1. The van der Waals surface area contributed by atoms with Crippen LogP contribution in [0.25, 0.3) is 5.57 Å². The number of ketones is 2. The Morgan fingerprint density at radius 1 is 0.684 bits per heavy atom. The first-order valence-electron chi connectivity index (χ1n) is 5.84. The second-order valence-corrected chi connectivity index (χ2v) is 5.05. The summed E-state index contributed by atoms with van der Waals surface area (Å²) < 4.78 is 0.336. The summed E-state index contributed by atoms with van der Waals surface area (Å²) in [5.74, 6) is -0.262. The van der Waals surface area contributed by atoms with Gasteiger partial charge in [0.15, 0.2) is 5.78 Å². The average Bonchev–Trinajstić information content (AvgIpc) is 2.46. The number of carbonyl (C=O) groups excluding carboxylic acids is 2. The topological polar surface area (TPSA) is 34.1 Å². The molecule has 0 fully saturated rings. The largest absolute Gasteiger partial charge is 0.289 e. The zero-order valence-corrected chi connectivity index (χ0v) is 11.5. The van der Waals surface area contributed by atoms with Gasteiger partial charge in [0.25, 0.3) is 0 Å². The molecule has 0 aromatic heterocycles. The third-order valence-corrected chi connectivity index (χ3v) is 3.88. The summed E-state index contributed by atoms with van der Waals surface area (Å²) in [6, 6.07) is 16.1. The molecule has 0 unspecified atom stereocenters. The Morgan fingerprint density at radius 2 is 1.21 bits per heavy atom. The number of fused-ring (bicyclic) bond motifs is 1. The molecule has 0 N–H and O–H groups in total. The number of benzene rings is 2. The maximum atomic E-state index is 12.5. The highest BCUT2D eigenvalue weighted by Gasteiger charge is 2.31. The molecule has 3 rings (SSSR count). The maximum absolute atomic E-state index is 12.5. The predicted octanol–water partition coefficient (Wildman–Crippen LogP) is 3.87. The normalized spacial score (nSPS) is 14.6. The Labute approximate surface area is 118 Å². The molecule has 0 bridgehead atoms. The van der Waals surface area contributed by atoms with E-state index in [0.29, 0.717) is 21.2 Å². The van der Waals surface area contributed by atoms with Gasteiger partial charge in [0.1, 0.15) is 0 Å². The van der Waals surface area contributed by atoms with Crippen LogP contribution in [0, 0.1) is 0 Å². The summed E-state index contributed by atoms with van der Waals surface area (Å²) in [4.78, 5) is 24.8. The molecule has 0 saturated heterocycles. The van der Waals surface area contributed by atoms with Gasteiger partial charge in [-0.05, 0) is 21.5 Å². The lowest BCUT2D eigenvalue weighted by Crippen LogP contribution is -2.18. The van der Waals surface area contributed by atoms with E-state index < -0.39 is 0 Å². The van der Waals surface area contributed by atoms with Crippen LogP contribution in [0.2, 0.25) is 0 Å². The molecule has 0 aliphatic heterocycles. The summed E-state index contributed by atoms with van der Waals surface area (Å²) in [5, 5.41) is 0. The van der Waals surface area contributed by atoms with Crippen LogP contribution >= 0.6 is 15.9 Å². The Balaban J connectivity index is 2.25. The van der Waals surface area contributed by atoms with Crippen LogP contribution in [0.4, 0.5) is 0 Å². The van der Waals surface area contributed by atoms with Gasteiger partial charge in [-0.2, -0.15) is 0 Å². The fourth-order valence-electron chi connectivity index (χ4n) is 2.21. The van der Waals surface area contributed by atoms with Crippen LogP contribution in [-0.2, 0) is 0 Å². The van der Waals surface area contributed by atoms with Crippen molar-refractivity contribution in [3.8, 4) is 0 Å². The quantitative estimate of drug-likeness (QED) is 0.801. The summed E-state index contributed by atoms with van der Waals surface area (Å²) in [6.07, 6.45) is 0. The van der Waals surface area contributed by atoms with E-state index in [1.54, 1.807) is 24.3 Å². The summed E-state index contributed by atoms with van der Waals surface area (Å²) >= 11 is 3.28. The molecule has 1 aliphatic carbocycles. The van der Waals surface area contributed by atoms with Gasteiger partial charge in [-0.1, -0.05) is 54.6 Å². The minimum absolute atomic E-state index is 0.117. The van der Waals surface area contributed by atoms with Crippen molar-refractivity contribution in [3.63, 3.8) is 0 Å². The molecule has 0 heterocycles.